The fourth-order valence-electron chi connectivity index (χ4n) is 2.68. The average molecular weight is 317 g/mol. The van der Waals surface area contributed by atoms with Crippen LogP contribution in [0.4, 0.5) is 0 Å². The molecule has 0 saturated heterocycles. The Kier molecular flexibility index (Phi) is 4.71. The number of rotatable bonds is 3. The van der Waals surface area contributed by atoms with Gasteiger partial charge in [0.1, 0.15) is 0 Å². The molecule has 0 fully saturated rings. The van der Waals surface area contributed by atoms with E-state index in [1.807, 2.05) is 62.4 Å². The molecule has 0 spiro atoms. The minimum Gasteiger partial charge on any atom is -0.823 e. The molecule has 23 heavy (non-hydrogen) atoms. The third kappa shape index (κ3) is 3.59. The molecule has 0 unspecified atom stereocenters. The van der Waals surface area contributed by atoms with Gasteiger partial charge < -0.3 is 5.11 Å². The predicted molar refractivity (Wildman–Crippen MR) is 98.5 cm³/mol. The largest absolute Gasteiger partial charge is 0.823 e. The lowest BCUT2D eigenvalue weighted by Crippen LogP contribution is -2.20. The van der Waals surface area contributed by atoms with Gasteiger partial charge in [0.2, 0.25) is 0 Å². The van der Waals surface area contributed by atoms with E-state index >= 15 is 0 Å². The van der Waals surface area contributed by atoms with Crippen molar-refractivity contribution in [3.8, 4) is 11.1 Å². The second kappa shape index (κ2) is 6.91. The summed E-state index contributed by atoms with van der Waals surface area (Å²) in [7, 11) is 0.727. The summed E-state index contributed by atoms with van der Waals surface area (Å²) >= 11 is 0. The lowest BCUT2D eigenvalue weighted by atomic mass is 10.0. The van der Waals surface area contributed by atoms with Crippen LogP contribution in [0.15, 0.2) is 72.8 Å². The Morgan fingerprint density at radius 1 is 0.696 bits per heavy atom. The molecule has 3 rings (SSSR count). The average Bonchev–Trinajstić information content (AvgIpc) is 2.56. The van der Waals surface area contributed by atoms with Gasteiger partial charge in [-0.25, -0.2) is 0 Å². The quantitative estimate of drug-likeness (QED) is 0.668. The first-order chi connectivity index (χ1) is 11.1. The molecular weight excluding hydrogens is 299 g/mol. The Labute approximate surface area is 139 Å². The molecule has 114 valence electrons. The van der Waals surface area contributed by atoms with Gasteiger partial charge in [-0.1, -0.05) is 68.9 Å². The van der Waals surface area contributed by atoms with Crippen LogP contribution in [0.25, 0.3) is 11.1 Å². The van der Waals surface area contributed by atoms with Gasteiger partial charge in [-0.05, 0) is 53.8 Å². The molecule has 0 radical (unpaired) electrons. The molecule has 0 aliphatic carbocycles. The summed E-state index contributed by atoms with van der Waals surface area (Å²) < 4.78 is 0. The predicted octanol–water partition coefficient (Wildman–Crippen LogP) is 4.08. The summed E-state index contributed by atoms with van der Waals surface area (Å²) in [6.45, 7) is 3.99. The highest BCUT2D eigenvalue weighted by molar-refractivity contribution is 7.49. The summed E-state index contributed by atoms with van der Waals surface area (Å²) in [4.78, 5) is 0. The zero-order chi connectivity index (χ0) is 16.2. The maximum absolute atomic E-state index is 12.6. The van der Waals surface area contributed by atoms with Crippen LogP contribution in [0.2, 0.25) is 0 Å². The van der Waals surface area contributed by atoms with E-state index in [0.717, 1.165) is 30.2 Å². The normalized spacial score (nSPS) is 11.5. The van der Waals surface area contributed by atoms with Crippen LogP contribution in [0, 0.1) is 13.8 Å². The number of aryl methyl sites for hydroxylation is 2. The first-order valence-corrected chi connectivity index (χ1v) is 8.52. The SMILES string of the molecule is Cc1cccc(C)c1C([O-])=Pc1ccc(-c2ccccc2)cc1. The van der Waals surface area contributed by atoms with Crippen molar-refractivity contribution in [1.29, 1.82) is 0 Å². The van der Waals surface area contributed by atoms with Crippen molar-refractivity contribution in [2.75, 3.05) is 0 Å². The highest BCUT2D eigenvalue weighted by atomic mass is 31.1. The zero-order valence-electron chi connectivity index (χ0n) is 13.3. The summed E-state index contributed by atoms with van der Waals surface area (Å²) in [6.07, 6.45) is 0. The Morgan fingerprint density at radius 2 is 1.26 bits per heavy atom. The van der Waals surface area contributed by atoms with E-state index in [1.54, 1.807) is 0 Å². The maximum atomic E-state index is 12.6. The molecule has 0 bridgehead atoms. The highest BCUT2D eigenvalue weighted by Crippen LogP contribution is 2.20. The molecule has 0 atom stereocenters. The standard InChI is InChI=1S/C21H19OP/c1-15-7-6-8-16(2)20(15)21(22)23-19-13-11-18(12-14-19)17-9-4-3-5-10-17/h3-14,22H,1-2H3/p-1. The van der Waals surface area contributed by atoms with Crippen LogP contribution >= 0.6 is 8.20 Å². The van der Waals surface area contributed by atoms with Gasteiger partial charge >= 0.3 is 0 Å². The number of benzene rings is 3. The smallest absolute Gasteiger partial charge is 0.000849 e. The van der Waals surface area contributed by atoms with Crippen LogP contribution in [0.1, 0.15) is 16.7 Å². The van der Waals surface area contributed by atoms with E-state index in [4.69, 9.17) is 0 Å². The second-order valence-corrected chi connectivity index (χ2v) is 6.74. The van der Waals surface area contributed by atoms with Crippen molar-refractivity contribution in [1.82, 2.24) is 0 Å². The fourth-order valence-corrected chi connectivity index (χ4v) is 3.68. The molecular formula is C21H18OP-. The van der Waals surface area contributed by atoms with Crippen molar-refractivity contribution in [3.05, 3.63) is 89.5 Å². The maximum Gasteiger partial charge on any atom is 0.000849 e. The molecule has 3 aromatic carbocycles. The molecule has 0 saturated carbocycles. The Bertz CT molecular complexity index is 813. The van der Waals surface area contributed by atoms with E-state index in [0.29, 0.717) is 0 Å². The van der Waals surface area contributed by atoms with Crippen LogP contribution in [-0.4, -0.2) is 5.48 Å². The lowest BCUT2D eigenvalue weighted by Gasteiger charge is -2.17. The number of hydrogen-bond acceptors (Lipinski definition) is 1. The third-order valence-electron chi connectivity index (χ3n) is 3.90. The Hall–Kier alpha value is -2.21. The van der Waals surface area contributed by atoms with Crippen molar-refractivity contribution in [2.45, 2.75) is 13.8 Å². The van der Waals surface area contributed by atoms with Crippen LogP contribution in [-0.2, 0) is 0 Å². The van der Waals surface area contributed by atoms with E-state index in [1.165, 1.54) is 11.1 Å². The molecule has 3 aromatic rings. The molecule has 0 amide bonds. The summed E-state index contributed by atoms with van der Waals surface area (Å²) in [5.41, 5.74) is 5.46. The Balaban J connectivity index is 1.91. The summed E-state index contributed by atoms with van der Waals surface area (Å²) in [6, 6.07) is 24.5. The third-order valence-corrected chi connectivity index (χ3v) is 4.88. The van der Waals surface area contributed by atoms with Crippen molar-refractivity contribution < 1.29 is 5.11 Å². The zero-order valence-corrected chi connectivity index (χ0v) is 14.2. The van der Waals surface area contributed by atoms with Crippen molar-refractivity contribution in [3.63, 3.8) is 0 Å². The van der Waals surface area contributed by atoms with Gasteiger partial charge in [0.25, 0.3) is 0 Å². The van der Waals surface area contributed by atoms with Crippen LogP contribution < -0.4 is 10.4 Å². The highest BCUT2D eigenvalue weighted by Gasteiger charge is 2.01. The van der Waals surface area contributed by atoms with E-state index in [2.05, 4.69) is 24.3 Å². The van der Waals surface area contributed by atoms with E-state index in [-0.39, 0.29) is 5.48 Å². The van der Waals surface area contributed by atoms with E-state index < -0.39 is 0 Å². The first kappa shape index (κ1) is 15.7. The Morgan fingerprint density at radius 3 is 1.87 bits per heavy atom. The van der Waals surface area contributed by atoms with Gasteiger partial charge in [-0.2, -0.15) is 0 Å². The van der Waals surface area contributed by atoms with Crippen molar-refractivity contribution >= 4 is 19.0 Å². The minimum atomic E-state index is 0.160. The minimum absolute atomic E-state index is 0.160. The van der Waals surface area contributed by atoms with Gasteiger partial charge in [0.05, 0.1) is 0 Å². The van der Waals surface area contributed by atoms with Gasteiger partial charge in [0.15, 0.2) is 0 Å². The molecule has 2 heteroatoms. The fraction of sp³-hybridized carbons (Fsp3) is 0.0952. The second-order valence-electron chi connectivity index (χ2n) is 5.60. The van der Waals surface area contributed by atoms with Crippen LogP contribution in [0.5, 0.6) is 0 Å². The van der Waals surface area contributed by atoms with Gasteiger partial charge in [-0.15, -0.1) is 5.48 Å². The molecule has 0 heterocycles. The topological polar surface area (TPSA) is 23.1 Å². The van der Waals surface area contributed by atoms with Crippen molar-refractivity contribution in [2.24, 2.45) is 0 Å². The molecule has 0 aromatic heterocycles. The summed E-state index contributed by atoms with van der Waals surface area (Å²) in [5, 5.41) is 13.6. The summed E-state index contributed by atoms with van der Waals surface area (Å²) in [5.74, 6) is 0. The first-order valence-electron chi connectivity index (χ1n) is 7.63. The monoisotopic (exact) mass is 317 g/mol. The molecule has 1 nitrogen and oxygen atoms in total. The number of hydrogen-bond donors (Lipinski definition) is 0. The van der Waals surface area contributed by atoms with Crippen LogP contribution in [0.3, 0.4) is 0 Å². The molecule has 0 N–H and O–H groups in total. The lowest BCUT2D eigenvalue weighted by molar-refractivity contribution is -0.207. The molecule has 0 aliphatic heterocycles. The van der Waals surface area contributed by atoms with Gasteiger partial charge in [-0.3, -0.25) is 0 Å². The molecule has 0 aliphatic rings. The van der Waals surface area contributed by atoms with E-state index in [9.17, 15) is 5.11 Å². The van der Waals surface area contributed by atoms with Gasteiger partial charge in [0, 0.05) is 5.30 Å².